The summed E-state index contributed by atoms with van der Waals surface area (Å²) < 4.78 is 7.70. The Hall–Kier alpha value is -0.660. The molecule has 4 nitrogen and oxygen atoms in total. The molecule has 1 aromatic heterocycles. The molecule has 0 saturated carbocycles. The molecule has 0 radical (unpaired) electrons. The first-order chi connectivity index (χ1) is 7.20. The smallest absolute Gasteiger partial charge is 0.173 e. The molecule has 0 spiro atoms. The summed E-state index contributed by atoms with van der Waals surface area (Å²) in [5, 5.41) is 14.6. The fraction of sp³-hybridized carbons (Fsp3) is 0.300. The van der Waals surface area contributed by atoms with E-state index in [9.17, 15) is 5.11 Å². The fourth-order valence-electron chi connectivity index (χ4n) is 1.43. The van der Waals surface area contributed by atoms with E-state index < -0.39 is 6.29 Å². The molecule has 0 fully saturated rings. The third-order valence-electron chi connectivity index (χ3n) is 2.21. The zero-order chi connectivity index (χ0) is 10.8. The predicted octanol–water partition coefficient (Wildman–Crippen LogP) is 1.61. The van der Waals surface area contributed by atoms with E-state index in [1.807, 2.05) is 12.1 Å². The van der Waals surface area contributed by atoms with Crippen molar-refractivity contribution in [1.82, 2.24) is 9.78 Å². The molecule has 0 amide bonds. The molecule has 80 valence electrons. The molecule has 0 saturated heterocycles. The third kappa shape index (κ3) is 2.30. The second kappa shape index (κ2) is 4.46. The van der Waals surface area contributed by atoms with Gasteiger partial charge in [0.15, 0.2) is 6.29 Å². The zero-order valence-electron chi connectivity index (χ0n) is 8.22. The van der Waals surface area contributed by atoms with Gasteiger partial charge in [0.05, 0.1) is 18.3 Å². The van der Waals surface area contributed by atoms with E-state index in [4.69, 9.17) is 4.74 Å². The van der Waals surface area contributed by atoms with Crippen LogP contribution in [0.1, 0.15) is 0 Å². The average molecular weight is 318 g/mol. The van der Waals surface area contributed by atoms with E-state index >= 15 is 0 Å². The van der Waals surface area contributed by atoms with Gasteiger partial charge in [-0.1, -0.05) is 0 Å². The highest BCUT2D eigenvalue weighted by molar-refractivity contribution is 14.1. The minimum absolute atomic E-state index is 0.348. The molecule has 1 heterocycles. The first-order valence-corrected chi connectivity index (χ1v) is 5.60. The number of aromatic nitrogens is 2. The molecule has 0 aliphatic rings. The van der Waals surface area contributed by atoms with Crippen molar-refractivity contribution in [3.8, 4) is 0 Å². The van der Waals surface area contributed by atoms with Crippen LogP contribution >= 0.6 is 22.6 Å². The quantitative estimate of drug-likeness (QED) is 0.691. The largest absolute Gasteiger partial charge is 0.366 e. The van der Waals surface area contributed by atoms with Crippen molar-refractivity contribution in [2.45, 2.75) is 12.8 Å². The summed E-state index contributed by atoms with van der Waals surface area (Å²) in [6.07, 6.45) is 0.979. The van der Waals surface area contributed by atoms with Crippen molar-refractivity contribution in [2.24, 2.45) is 0 Å². The Bertz CT molecular complexity index is 469. The van der Waals surface area contributed by atoms with E-state index in [1.165, 1.54) is 10.7 Å². The summed E-state index contributed by atoms with van der Waals surface area (Å²) in [5.74, 6) is 0. The van der Waals surface area contributed by atoms with Gasteiger partial charge in [-0.3, -0.25) is 4.68 Å². The van der Waals surface area contributed by atoms with Crippen LogP contribution < -0.4 is 0 Å². The molecular formula is C10H11IN2O2. The minimum Gasteiger partial charge on any atom is -0.366 e. The standard InChI is InChI=1S/C10H11IN2O2/c1-15-10(14)6-13-9-3-2-8(11)4-7(9)5-12-13/h2-5,10,14H,6H2,1H3. The van der Waals surface area contributed by atoms with Crippen LogP contribution in [0.5, 0.6) is 0 Å². The number of benzene rings is 1. The maximum absolute atomic E-state index is 9.36. The average Bonchev–Trinajstić information content (AvgIpc) is 2.60. The van der Waals surface area contributed by atoms with E-state index in [2.05, 4.69) is 33.8 Å². The van der Waals surface area contributed by atoms with Gasteiger partial charge in [0.1, 0.15) is 0 Å². The van der Waals surface area contributed by atoms with Gasteiger partial charge in [-0.2, -0.15) is 5.10 Å². The Morgan fingerprint density at radius 1 is 1.60 bits per heavy atom. The number of hydrogen-bond donors (Lipinski definition) is 1. The van der Waals surface area contributed by atoms with Crippen molar-refractivity contribution in [1.29, 1.82) is 0 Å². The van der Waals surface area contributed by atoms with Crippen molar-refractivity contribution >= 4 is 33.5 Å². The predicted molar refractivity (Wildman–Crippen MR) is 65.5 cm³/mol. The number of aliphatic hydroxyl groups excluding tert-OH is 1. The first-order valence-electron chi connectivity index (χ1n) is 4.52. The van der Waals surface area contributed by atoms with E-state index in [1.54, 1.807) is 10.9 Å². The fourth-order valence-corrected chi connectivity index (χ4v) is 1.94. The number of rotatable bonds is 3. The van der Waals surface area contributed by atoms with Gasteiger partial charge in [0.2, 0.25) is 0 Å². The summed E-state index contributed by atoms with van der Waals surface area (Å²) in [6.45, 7) is 0.348. The second-order valence-corrected chi connectivity index (χ2v) is 4.47. The molecule has 1 N–H and O–H groups in total. The molecular weight excluding hydrogens is 307 g/mol. The van der Waals surface area contributed by atoms with Crippen LogP contribution in [0, 0.1) is 3.57 Å². The maximum Gasteiger partial charge on any atom is 0.173 e. The van der Waals surface area contributed by atoms with Crippen LogP contribution in [0.4, 0.5) is 0 Å². The number of nitrogens with zero attached hydrogens (tertiary/aromatic N) is 2. The number of fused-ring (bicyclic) bond motifs is 1. The van der Waals surface area contributed by atoms with Gasteiger partial charge in [-0.25, -0.2) is 0 Å². The Kier molecular flexibility index (Phi) is 3.22. The summed E-state index contributed by atoms with van der Waals surface area (Å²) in [6, 6.07) is 6.06. The Morgan fingerprint density at radius 2 is 2.40 bits per heavy atom. The van der Waals surface area contributed by atoms with Gasteiger partial charge < -0.3 is 9.84 Å². The normalized spacial score (nSPS) is 13.3. The van der Waals surface area contributed by atoms with Crippen molar-refractivity contribution < 1.29 is 9.84 Å². The first kappa shape index (κ1) is 10.8. The molecule has 1 aromatic carbocycles. The molecule has 0 aliphatic carbocycles. The molecule has 1 unspecified atom stereocenters. The molecule has 2 aromatic rings. The van der Waals surface area contributed by atoms with Crippen LogP contribution in [0.15, 0.2) is 24.4 Å². The van der Waals surface area contributed by atoms with Crippen LogP contribution in [-0.2, 0) is 11.3 Å². The van der Waals surface area contributed by atoms with E-state index in [0.717, 1.165) is 10.9 Å². The van der Waals surface area contributed by atoms with Gasteiger partial charge in [-0.15, -0.1) is 0 Å². The third-order valence-corrected chi connectivity index (χ3v) is 2.88. The summed E-state index contributed by atoms with van der Waals surface area (Å²) in [7, 11) is 1.47. The van der Waals surface area contributed by atoms with Crippen LogP contribution in [-0.4, -0.2) is 28.3 Å². The summed E-state index contributed by atoms with van der Waals surface area (Å²) in [5.41, 5.74) is 1.01. The lowest BCUT2D eigenvalue weighted by Crippen LogP contribution is -2.18. The number of methoxy groups -OCH3 is 1. The van der Waals surface area contributed by atoms with Gasteiger partial charge in [0, 0.05) is 16.1 Å². The van der Waals surface area contributed by atoms with Crippen molar-refractivity contribution in [3.63, 3.8) is 0 Å². The SMILES string of the molecule is COC(O)Cn1ncc2cc(I)ccc21. The lowest BCUT2D eigenvalue weighted by Gasteiger charge is -2.09. The Balaban J connectivity index is 2.36. The lowest BCUT2D eigenvalue weighted by atomic mass is 10.2. The topological polar surface area (TPSA) is 47.3 Å². The number of ether oxygens (including phenoxy) is 1. The minimum atomic E-state index is -0.813. The second-order valence-electron chi connectivity index (χ2n) is 3.22. The molecule has 0 bridgehead atoms. The number of halogens is 1. The van der Waals surface area contributed by atoms with Crippen molar-refractivity contribution in [3.05, 3.63) is 28.0 Å². The van der Waals surface area contributed by atoms with Crippen LogP contribution in [0.3, 0.4) is 0 Å². The maximum atomic E-state index is 9.36. The molecule has 2 rings (SSSR count). The summed E-state index contributed by atoms with van der Waals surface area (Å²) in [4.78, 5) is 0. The molecule has 1 atom stereocenters. The van der Waals surface area contributed by atoms with Crippen LogP contribution in [0.2, 0.25) is 0 Å². The highest BCUT2D eigenvalue weighted by Crippen LogP contribution is 2.17. The monoisotopic (exact) mass is 318 g/mol. The summed E-state index contributed by atoms with van der Waals surface area (Å²) >= 11 is 2.26. The van der Waals surface area contributed by atoms with Crippen LogP contribution in [0.25, 0.3) is 10.9 Å². The molecule has 5 heteroatoms. The Labute approximate surface area is 101 Å². The highest BCUT2D eigenvalue weighted by atomic mass is 127. The molecule has 15 heavy (non-hydrogen) atoms. The van der Waals surface area contributed by atoms with Gasteiger partial charge in [-0.05, 0) is 40.8 Å². The highest BCUT2D eigenvalue weighted by Gasteiger charge is 2.07. The molecule has 0 aliphatic heterocycles. The van der Waals surface area contributed by atoms with Gasteiger partial charge in [0.25, 0.3) is 0 Å². The zero-order valence-corrected chi connectivity index (χ0v) is 10.4. The van der Waals surface area contributed by atoms with Gasteiger partial charge >= 0.3 is 0 Å². The Morgan fingerprint density at radius 3 is 3.13 bits per heavy atom. The van der Waals surface area contributed by atoms with E-state index in [-0.39, 0.29) is 0 Å². The van der Waals surface area contributed by atoms with E-state index in [0.29, 0.717) is 6.54 Å². The number of aliphatic hydroxyl groups is 1. The lowest BCUT2D eigenvalue weighted by molar-refractivity contribution is -0.0845. The number of hydrogen-bond acceptors (Lipinski definition) is 3. The van der Waals surface area contributed by atoms with Crippen molar-refractivity contribution in [2.75, 3.05) is 7.11 Å².